The summed E-state index contributed by atoms with van der Waals surface area (Å²) < 4.78 is 26.7. The molecule has 2 N–H and O–H groups in total. The molecular weight excluding hydrogens is 336 g/mol. The molecule has 6 heteroatoms. The largest absolute Gasteiger partial charge is 0.326 e. The molecule has 0 aromatic heterocycles. The summed E-state index contributed by atoms with van der Waals surface area (Å²) >= 11 is 0. The molecule has 0 aliphatic rings. The van der Waals surface area contributed by atoms with Crippen molar-refractivity contribution >= 4 is 21.6 Å². The van der Waals surface area contributed by atoms with Crippen LogP contribution < -0.4 is 10.0 Å². The van der Waals surface area contributed by atoms with Crippen LogP contribution in [0.4, 0.5) is 5.69 Å². The Labute approximate surface area is 149 Å². The number of aryl methyl sites for hydroxylation is 2. The topological polar surface area (TPSA) is 75.3 Å². The summed E-state index contributed by atoms with van der Waals surface area (Å²) in [5, 5.41) is 2.93. The zero-order valence-electron chi connectivity index (χ0n) is 14.6. The van der Waals surface area contributed by atoms with Gasteiger partial charge in [-0.2, -0.15) is 0 Å². The molecule has 2 aromatic rings. The van der Waals surface area contributed by atoms with E-state index in [1.54, 1.807) is 18.2 Å². The number of anilines is 1. The smallest absolute Gasteiger partial charge is 0.240 e. The molecule has 1 amide bonds. The van der Waals surface area contributed by atoms with E-state index in [0.717, 1.165) is 29.7 Å². The third-order valence-corrected chi connectivity index (χ3v) is 5.44. The molecule has 0 saturated carbocycles. The van der Waals surface area contributed by atoms with Gasteiger partial charge in [-0.3, -0.25) is 4.79 Å². The maximum atomic E-state index is 12.2. The number of benzene rings is 2. The highest BCUT2D eigenvalue weighted by Gasteiger charge is 2.14. The molecule has 0 heterocycles. The molecular formula is C19H24N2O3S. The van der Waals surface area contributed by atoms with Crippen molar-refractivity contribution in [2.24, 2.45) is 0 Å². The van der Waals surface area contributed by atoms with Crippen LogP contribution in [0.3, 0.4) is 0 Å². The second-order valence-corrected chi connectivity index (χ2v) is 7.43. The van der Waals surface area contributed by atoms with E-state index in [2.05, 4.69) is 10.0 Å². The van der Waals surface area contributed by atoms with Gasteiger partial charge in [0.15, 0.2) is 0 Å². The first-order valence-corrected chi connectivity index (χ1v) is 9.91. The van der Waals surface area contributed by atoms with E-state index < -0.39 is 10.0 Å². The monoisotopic (exact) mass is 360 g/mol. The van der Waals surface area contributed by atoms with Gasteiger partial charge in [-0.1, -0.05) is 50.2 Å². The first-order chi connectivity index (χ1) is 12.0. The fraction of sp³-hybridized carbons (Fsp3) is 0.316. The lowest BCUT2D eigenvalue weighted by molar-refractivity contribution is -0.116. The molecule has 0 unspecified atom stereocenters. The van der Waals surface area contributed by atoms with E-state index >= 15 is 0 Å². The van der Waals surface area contributed by atoms with Crippen LogP contribution in [0.5, 0.6) is 0 Å². The Balaban J connectivity index is 1.96. The molecule has 0 spiro atoms. The van der Waals surface area contributed by atoms with Crippen LogP contribution in [0, 0.1) is 0 Å². The van der Waals surface area contributed by atoms with Gasteiger partial charge in [-0.05, 0) is 36.1 Å². The normalized spacial score (nSPS) is 11.3. The standard InChI is InChI=1S/C19H24N2O3S/c1-3-15-9-8-10-16(4-2)19(15)21-18(22)13-14-20-25(23,24)17-11-6-5-7-12-17/h5-12,20H,3-4,13-14H2,1-2H3,(H,21,22). The van der Waals surface area contributed by atoms with Crippen molar-refractivity contribution in [3.05, 3.63) is 59.7 Å². The number of nitrogens with one attached hydrogen (secondary N) is 2. The van der Waals surface area contributed by atoms with E-state index in [9.17, 15) is 13.2 Å². The van der Waals surface area contributed by atoms with Crippen LogP contribution in [0.1, 0.15) is 31.4 Å². The Morgan fingerprint density at radius 2 is 1.52 bits per heavy atom. The summed E-state index contributed by atoms with van der Waals surface area (Å²) in [6.45, 7) is 4.13. The van der Waals surface area contributed by atoms with Crippen molar-refractivity contribution in [1.82, 2.24) is 4.72 Å². The number of rotatable bonds is 8. The van der Waals surface area contributed by atoms with Gasteiger partial charge in [-0.25, -0.2) is 13.1 Å². The maximum Gasteiger partial charge on any atom is 0.240 e. The van der Waals surface area contributed by atoms with Gasteiger partial charge < -0.3 is 5.32 Å². The van der Waals surface area contributed by atoms with Gasteiger partial charge >= 0.3 is 0 Å². The lowest BCUT2D eigenvalue weighted by Crippen LogP contribution is -2.28. The van der Waals surface area contributed by atoms with Gasteiger partial charge in [0.2, 0.25) is 15.9 Å². The van der Waals surface area contributed by atoms with Crippen molar-refractivity contribution in [3.63, 3.8) is 0 Å². The minimum Gasteiger partial charge on any atom is -0.326 e. The minimum atomic E-state index is -3.58. The molecule has 5 nitrogen and oxygen atoms in total. The molecule has 0 radical (unpaired) electrons. The van der Waals surface area contributed by atoms with Gasteiger partial charge in [0.25, 0.3) is 0 Å². The lowest BCUT2D eigenvalue weighted by Gasteiger charge is -2.14. The Hall–Kier alpha value is -2.18. The molecule has 25 heavy (non-hydrogen) atoms. The zero-order chi connectivity index (χ0) is 18.3. The van der Waals surface area contributed by atoms with E-state index in [-0.39, 0.29) is 23.8 Å². The van der Waals surface area contributed by atoms with Crippen LogP contribution in [0.2, 0.25) is 0 Å². The number of hydrogen-bond acceptors (Lipinski definition) is 3. The molecule has 0 fully saturated rings. The average Bonchev–Trinajstić information content (AvgIpc) is 2.62. The van der Waals surface area contributed by atoms with Crippen molar-refractivity contribution < 1.29 is 13.2 Å². The van der Waals surface area contributed by atoms with Crippen molar-refractivity contribution in [1.29, 1.82) is 0 Å². The van der Waals surface area contributed by atoms with Gasteiger partial charge in [0, 0.05) is 18.7 Å². The quantitative estimate of drug-likeness (QED) is 0.759. The van der Waals surface area contributed by atoms with E-state index in [0.29, 0.717) is 0 Å². The molecule has 0 bridgehead atoms. The molecule has 0 aliphatic heterocycles. The minimum absolute atomic E-state index is 0.0544. The van der Waals surface area contributed by atoms with Crippen LogP contribution in [0.15, 0.2) is 53.4 Å². The van der Waals surface area contributed by atoms with Crippen molar-refractivity contribution in [2.45, 2.75) is 38.0 Å². The summed E-state index contributed by atoms with van der Waals surface area (Å²) in [6, 6.07) is 14.1. The number of hydrogen-bond donors (Lipinski definition) is 2. The summed E-state index contributed by atoms with van der Waals surface area (Å²) in [6.07, 6.45) is 1.72. The van der Waals surface area contributed by atoms with Crippen LogP contribution in [0.25, 0.3) is 0 Å². The fourth-order valence-electron chi connectivity index (χ4n) is 2.59. The molecule has 0 aliphatic carbocycles. The average molecular weight is 360 g/mol. The van der Waals surface area contributed by atoms with Crippen LogP contribution >= 0.6 is 0 Å². The SMILES string of the molecule is CCc1cccc(CC)c1NC(=O)CCNS(=O)(=O)c1ccccc1. The highest BCUT2D eigenvalue weighted by atomic mass is 32.2. The number of carbonyl (C=O) groups excluding carboxylic acids is 1. The number of para-hydroxylation sites is 1. The highest BCUT2D eigenvalue weighted by molar-refractivity contribution is 7.89. The molecule has 0 atom stereocenters. The molecule has 2 aromatic carbocycles. The summed E-state index contributed by atoms with van der Waals surface area (Å²) in [4.78, 5) is 12.4. The Bertz CT molecular complexity index is 796. The second-order valence-electron chi connectivity index (χ2n) is 5.67. The predicted molar refractivity (Wildman–Crippen MR) is 100 cm³/mol. The second kappa shape index (κ2) is 8.78. The predicted octanol–water partition coefficient (Wildman–Crippen LogP) is 3.12. The van der Waals surface area contributed by atoms with Gasteiger partial charge in [-0.15, -0.1) is 0 Å². The number of amides is 1. The number of carbonyl (C=O) groups is 1. The van der Waals surface area contributed by atoms with Gasteiger partial charge in [0.05, 0.1) is 4.90 Å². The van der Waals surface area contributed by atoms with Crippen molar-refractivity contribution in [2.75, 3.05) is 11.9 Å². The lowest BCUT2D eigenvalue weighted by atomic mass is 10.0. The summed E-state index contributed by atoms with van der Waals surface area (Å²) in [5.41, 5.74) is 3.01. The molecule has 2 rings (SSSR count). The maximum absolute atomic E-state index is 12.2. The Kier molecular flexibility index (Phi) is 6.73. The summed E-state index contributed by atoms with van der Waals surface area (Å²) in [7, 11) is -3.58. The first-order valence-electron chi connectivity index (χ1n) is 8.43. The van der Waals surface area contributed by atoms with Crippen LogP contribution in [-0.4, -0.2) is 20.9 Å². The zero-order valence-corrected chi connectivity index (χ0v) is 15.4. The Morgan fingerprint density at radius 1 is 0.920 bits per heavy atom. The van der Waals surface area contributed by atoms with E-state index in [1.807, 2.05) is 32.0 Å². The van der Waals surface area contributed by atoms with E-state index in [4.69, 9.17) is 0 Å². The number of sulfonamides is 1. The van der Waals surface area contributed by atoms with Gasteiger partial charge in [0.1, 0.15) is 0 Å². The third-order valence-electron chi connectivity index (χ3n) is 3.96. The fourth-order valence-corrected chi connectivity index (χ4v) is 3.64. The summed E-state index contributed by atoms with van der Waals surface area (Å²) in [5.74, 6) is -0.202. The van der Waals surface area contributed by atoms with Crippen LogP contribution in [-0.2, 0) is 27.7 Å². The third kappa shape index (κ3) is 5.14. The van der Waals surface area contributed by atoms with E-state index in [1.165, 1.54) is 12.1 Å². The first kappa shape index (κ1) is 19.1. The molecule has 134 valence electrons. The Morgan fingerprint density at radius 3 is 2.08 bits per heavy atom. The van der Waals surface area contributed by atoms with Crippen molar-refractivity contribution in [3.8, 4) is 0 Å². The highest BCUT2D eigenvalue weighted by Crippen LogP contribution is 2.22. The molecule has 0 saturated heterocycles.